The lowest BCUT2D eigenvalue weighted by molar-refractivity contribution is 0.0728. The number of nitrogens with zero attached hydrogens (tertiary/aromatic N) is 1. The van der Waals surface area contributed by atoms with E-state index in [0.29, 0.717) is 34.1 Å². The second kappa shape index (κ2) is 10.6. The highest BCUT2D eigenvalue weighted by atomic mass is 35.5. The molecule has 0 bridgehead atoms. The van der Waals surface area contributed by atoms with Gasteiger partial charge in [0.05, 0.1) is 18.4 Å². The van der Waals surface area contributed by atoms with E-state index in [2.05, 4.69) is 10.5 Å². The summed E-state index contributed by atoms with van der Waals surface area (Å²) in [6.07, 6.45) is 1.50. The lowest BCUT2D eigenvalue weighted by Gasteiger charge is -2.11. The van der Waals surface area contributed by atoms with Crippen molar-refractivity contribution in [1.29, 1.82) is 0 Å². The summed E-state index contributed by atoms with van der Waals surface area (Å²) in [5, 5.41) is 6.43. The molecule has 4 aromatic carbocycles. The molecule has 0 aromatic heterocycles. The molecule has 0 radical (unpaired) electrons. The first kappa shape index (κ1) is 23.0. The Labute approximate surface area is 201 Å². The first-order chi connectivity index (χ1) is 16.5. The van der Waals surface area contributed by atoms with Gasteiger partial charge in [0.1, 0.15) is 0 Å². The summed E-state index contributed by atoms with van der Waals surface area (Å²) in [5.41, 5.74) is 4.12. The molecular formula is C27H21ClN2O4. The van der Waals surface area contributed by atoms with Crippen LogP contribution in [0.2, 0.25) is 5.02 Å². The number of esters is 1. The molecule has 0 aliphatic heterocycles. The van der Waals surface area contributed by atoms with Gasteiger partial charge in [0.2, 0.25) is 0 Å². The fourth-order valence-corrected chi connectivity index (χ4v) is 3.48. The topological polar surface area (TPSA) is 77.0 Å². The van der Waals surface area contributed by atoms with Crippen molar-refractivity contribution in [3.05, 3.63) is 107 Å². The Morgan fingerprint density at radius 3 is 2.50 bits per heavy atom. The van der Waals surface area contributed by atoms with Crippen LogP contribution in [0.1, 0.15) is 33.2 Å². The largest absolute Gasteiger partial charge is 0.490 e. The first-order valence-corrected chi connectivity index (χ1v) is 11.0. The van der Waals surface area contributed by atoms with Crippen LogP contribution < -0.4 is 14.9 Å². The fourth-order valence-electron chi connectivity index (χ4n) is 3.35. The van der Waals surface area contributed by atoms with Gasteiger partial charge in [0.15, 0.2) is 11.5 Å². The predicted octanol–water partition coefficient (Wildman–Crippen LogP) is 5.88. The van der Waals surface area contributed by atoms with Gasteiger partial charge in [-0.15, -0.1) is 0 Å². The van der Waals surface area contributed by atoms with E-state index in [4.69, 9.17) is 21.1 Å². The highest BCUT2D eigenvalue weighted by molar-refractivity contribution is 6.30. The number of benzene rings is 4. The number of ether oxygens (including phenoxy) is 2. The zero-order valence-electron chi connectivity index (χ0n) is 18.3. The maximum atomic E-state index is 12.6. The summed E-state index contributed by atoms with van der Waals surface area (Å²) in [5.74, 6) is -0.180. The van der Waals surface area contributed by atoms with Gasteiger partial charge >= 0.3 is 5.97 Å². The van der Waals surface area contributed by atoms with E-state index in [1.165, 1.54) is 6.21 Å². The molecule has 0 unspecified atom stereocenters. The Bertz CT molecular complexity index is 1360. The van der Waals surface area contributed by atoms with Crippen molar-refractivity contribution in [1.82, 2.24) is 5.43 Å². The smallest absolute Gasteiger partial charge is 0.343 e. The molecule has 4 rings (SSSR count). The Morgan fingerprint density at radius 2 is 1.71 bits per heavy atom. The van der Waals surface area contributed by atoms with E-state index in [0.717, 1.165) is 10.8 Å². The fraction of sp³-hybridized carbons (Fsp3) is 0.0741. The Balaban J connectivity index is 1.47. The number of halogens is 1. The molecule has 0 fully saturated rings. The number of hydrogen-bond donors (Lipinski definition) is 1. The van der Waals surface area contributed by atoms with Crippen molar-refractivity contribution in [3.8, 4) is 11.5 Å². The summed E-state index contributed by atoms with van der Waals surface area (Å²) in [6, 6.07) is 24.6. The van der Waals surface area contributed by atoms with E-state index in [9.17, 15) is 9.59 Å². The van der Waals surface area contributed by atoms with Crippen molar-refractivity contribution in [2.75, 3.05) is 6.61 Å². The standard InChI is InChI=1S/C27H21ClN2O4/c1-2-33-25-16-18(10-15-24(25)34-27(32)20-11-13-21(28)14-12-20)17-29-30-26(31)23-9-5-7-19-6-3-4-8-22(19)23/h3-17H,2H2,1H3,(H,30,31)/b29-17+. The summed E-state index contributed by atoms with van der Waals surface area (Å²) in [6.45, 7) is 2.21. The molecule has 0 aliphatic carbocycles. The third kappa shape index (κ3) is 5.42. The number of amides is 1. The molecule has 170 valence electrons. The lowest BCUT2D eigenvalue weighted by Crippen LogP contribution is -2.17. The van der Waals surface area contributed by atoms with E-state index >= 15 is 0 Å². The van der Waals surface area contributed by atoms with Crippen LogP contribution in [0.3, 0.4) is 0 Å². The predicted molar refractivity (Wildman–Crippen MR) is 133 cm³/mol. The van der Waals surface area contributed by atoms with Crippen LogP contribution in [0.25, 0.3) is 10.8 Å². The number of rotatable bonds is 7. The molecule has 0 saturated carbocycles. The third-order valence-corrected chi connectivity index (χ3v) is 5.22. The van der Waals surface area contributed by atoms with Crippen LogP contribution in [0.5, 0.6) is 11.5 Å². The zero-order valence-corrected chi connectivity index (χ0v) is 19.1. The van der Waals surface area contributed by atoms with Gasteiger partial charge in [-0.25, -0.2) is 10.2 Å². The van der Waals surface area contributed by atoms with E-state index < -0.39 is 5.97 Å². The van der Waals surface area contributed by atoms with Crippen molar-refractivity contribution >= 4 is 40.5 Å². The minimum absolute atomic E-state index is 0.277. The lowest BCUT2D eigenvalue weighted by atomic mass is 10.0. The highest BCUT2D eigenvalue weighted by Crippen LogP contribution is 2.29. The van der Waals surface area contributed by atoms with Crippen LogP contribution in [0.15, 0.2) is 90.0 Å². The zero-order chi connectivity index (χ0) is 23.9. The number of hydrazone groups is 1. The van der Waals surface area contributed by atoms with Gasteiger partial charge in [-0.3, -0.25) is 4.79 Å². The summed E-state index contributed by atoms with van der Waals surface area (Å²) < 4.78 is 11.1. The molecule has 4 aromatic rings. The number of carbonyl (C=O) groups is 2. The average Bonchev–Trinajstić information content (AvgIpc) is 2.85. The molecule has 0 saturated heterocycles. The number of carbonyl (C=O) groups excluding carboxylic acids is 2. The van der Waals surface area contributed by atoms with E-state index in [1.807, 2.05) is 43.3 Å². The van der Waals surface area contributed by atoms with Crippen molar-refractivity contribution in [2.45, 2.75) is 6.92 Å². The van der Waals surface area contributed by atoms with Gasteiger partial charge in [0.25, 0.3) is 5.91 Å². The Morgan fingerprint density at radius 1 is 0.941 bits per heavy atom. The summed E-state index contributed by atoms with van der Waals surface area (Å²) >= 11 is 5.87. The van der Waals surface area contributed by atoms with Gasteiger partial charge in [-0.05, 0) is 71.8 Å². The van der Waals surface area contributed by atoms with Crippen LogP contribution in [0.4, 0.5) is 0 Å². The summed E-state index contributed by atoms with van der Waals surface area (Å²) in [7, 11) is 0. The van der Waals surface area contributed by atoms with Crippen molar-refractivity contribution < 1.29 is 19.1 Å². The van der Waals surface area contributed by atoms with Crippen molar-refractivity contribution in [2.24, 2.45) is 5.10 Å². The molecule has 1 N–H and O–H groups in total. The molecule has 0 atom stereocenters. The molecule has 7 heteroatoms. The first-order valence-electron chi connectivity index (χ1n) is 10.6. The van der Waals surface area contributed by atoms with Crippen LogP contribution >= 0.6 is 11.6 Å². The quantitative estimate of drug-likeness (QED) is 0.158. The normalized spacial score (nSPS) is 10.9. The molecule has 1 amide bonds. The third-order valence-electron chi connectivity index (χ3n) is 4.96. The number of nitrogens with one attached hydrogen (secondary N) is 1. The van der Waals surface area contributed by atoms with Crippen molar-refractivity contribution in [3.63, 3.8) is 0 Å². The molecule has 6 nitrogen and oxygen atoms in total. The molecule has 0 spiro atoms. The number of fused-ring (bicyclic) bond motifs is 1. The Kier molecular flexibility index (Phi) is 7.20. The van der Waals surface area contributed by atoms with Gasteiger partial charge in [-0.2, -0.15) is 5.10 Å². The number of hydrogen-bond acceptors (Lipinski definition) is 5. The van der Waals surface area contributed by atoms with Crippen LogP contribution in [0, 0.1) is 0 Å². The van der Waals surface area contributed by atoms with Gasteiger partial charge < -0.3 is 9.47 Å². The monoisotopic (exact) mass is 472 g/mol. The Hall–Kier alpha value is -4.16. The summed E-state index contributed by atoms with van der Waals surface area (Å²) in [4.78, 5) is 25.1. The highest BCUT2D eigenvalue weighted by Gasteiger charge is 2.13. The van der Waals surface area contributed by atoms with Crippen LogP contribution in [-0.2, 0) is 0 Å². The van der Waals surface area contributed by atoms with E-state index in [-0.39, 0.29) is 11.7 Å². The van der Waals surface area contributed by atoms with Crippen LogP contribution in [-0.4, -0.2) is 24.7 Å². The minimum atomic E-state index is -0.526. The van der Waals surface area contributed by atoms with Gasteiger partial charge in [0, 0.05) is 10.6 Å². The second-order valence-electron chi connectivity index (χ2n) is 7.26. The molecule has 34 heavy (non-hydrogen) atoms. The van der Waals surface area contributed by atoms with Gasteiger partial charge in [-0.1, -0.05) is 48.0 Å². The molecule has 0 heterocycles. The van der Waals surface area contributed by atoms with E-state index in [1.54, 1.807) is 48.5 Å². The minimum Gasteiger partial charge on any atom is -0.490 e. The average molecular weight is 473 g/mol. The SMILES string of the molecule is CCOc1cc(/C=N/NC(=O)c2cccc3ccccc23)ccc1OC(=O)c1ccc(Cl)cc1. The maximum absolute atomic E-state index is 12.6. The molecular weight excluding hydrogens is 452 g/mol. The second-order valence-corrected chi connectivity index (χ2v) is 7.70. The maximum Gasteiger partial charge on any atom is 0.343 e. The molecule has 0 aliphatic rings.